The highest BCUT2D eigenvalue weighted by atomic mass is 16.5. The third kappa shape index (κ3) is 9.86. The monoisotopic (exact) mass is 258 g/mol. The topological polar surface area (TPSA) is 24.5 Å². The lowest BCUT2D eigenvalue weighted by Crippen LogP contribution is -2.35. The van der Waals surface area contributed by atoms with Gasteiger partial charge in [0.25, 0.3) is 0 Å². The van der Waals surface area contributed by atoms with E-state index in [1.54, 1.807) is 7.11 Å². The van der Waals surface area contributed by atoms with Gasteiger partial charge in [-0.05, 0) is 53.1 Å². The van der Waals surface area contributed by atoms with Gasteiger partial charge < -0.3 is 10.1 Å². The molecule has 110 valence electrons. The Morgan fingerprint density at radius 2 is 1.83 bits per heavy atom. The van der Waals surface area contributed by atoms with Gasteiger partial charge in [-0.2, -0.15) is 0 Å². The summed E-state index contributed by atoms with van der Waals surface area (Å²) in [7, 11) is 1.78. The van der Waals surface area contributed by atoms with E-state index in [0.717, 1.165) is 19.7 Å². The van der Waals surface area contributed by atoms with Gasteiger partial charge in [0, 0.05) is 25.7 Å². The Morgan fingerprint density at radius 1 is 1.11 bits per heavy atom. The summed E-state index contributed by atoms with van der Waals surface area (Å²) in [6.45, 7) is 13.3. The largest absolute Gasteiger partial charge is 0.383 e. The fraction of sp³-hybridized carbons (Fsp3) is 1.00. The van der Waals surface area contributed by atoms with Crippen LogP contribution in [0, 0.1) is 0 Å². The number of unbranched alkanes of at least 4 members (excludes halogenated alkanes) is 1. The maximum absolute atomic E-state index is 5.16. The highest BCUT2D eigenvalue weighted by Crippen LogP contribution is 2.05. The van der Waals surface area contributed by atoms with Gasteiger partial charge in [-0.3, -0.25) is 4.90 Å². The molecule has 0 bridgehead atoms. The van der Waals surface area contributed by atoms with Gasteiger partial charge in [0.05, 0.1) is 6.61 Å². The van der Waals surface area contributed by atoms with Crippen molar-refractivity contribution in [3.8, 4) is 0 Å². The van der Waals surface area contributed by atoms with Crippen molar-refractivity contribution in [3.05, 3.63) is 0 Å². The second kappa shape index (κ2) is 11.9. The first-order valence-corrected chi connectivity index (χ1v) is 7.58. The van der Waals surface area contributed by atoms with E-state index in [1.165, 1.54) is 32.2 Å². The Morgan fingerprint density at radius 3 is 2.39 bits per heavy atom. The van der Waals surface area contributed by atoms with Gasteiger partial charge in [0.1, 0.15) is 0 Å². The van der Waals surface area contributed by atoms with Crippen LogP contribution in [0.2, 0.25) is 0 Å². The summed E-state index contributed by atoms with van der Waals surface area (Å²) < 4.78 is 5.16. The van der Waals surface area contributed by atoms with E-state index in [-0.39, 0.29) is 0 Å². The predicted octanol–water partition coefficient (Wildman–Crippen LogP) is 2.90. The number of hydrogen-bond donors (Lipinski definition) is 1. The fourth-order valence-electron chi connectivity index (χ4n) is 2.09. The number of rotatable bonds is 12. The molecule has 0 heterocycles. The summed E-state index contributed by atoms with van der Waals surface area (Å²) in [5, 5.41) is 3.54. The van der Waals surface area contributed by atoms with Gasteiger partial charge >= 0.3 is 0 Å². The van der Waals surface area contributed by atoms with Crippen molar-refractivity contribution < 1.29 is 4.74 Å². The van der Waals surface area contributed by atoms with Gasteiger partial charge in [0.15, 0.2) is 0 Å². The fourth-order valence-corrected chi connectivity index (χ4v) is 2.09. The second-order valence-electron chi connectivity index (χ2n) is 5.47. The summed E-state index contributed by atoms with van der Waals surface area (Å²) in [6.07, 6.45) is 5.12. The zero-order chi connectivity index (χ0) is 13.8. The van der Waals surface area contributed by atoms with Crippen molar-refractivity contribution in [2.75, 3.05) is 33.4 Å². The Labute approximate surface area is 114 Å². The highest BCUT2D eigenvalue weighted by Gasteiger charge is 2.08. The summed E-state index contributed by atoms with van der Waals surface area (Å²) in [4.78, 5) is 2.51. The SMILES string of the molecule is CCCNC(C)CCCCN(CCOC)C(C)C. The Balaban J connectivity index is 3.59. The molecule has 0 aliphatic carbocycles. The smallest absolute Gasteiger partial charge is 0.0589 e. The zero-order valence-corrected chi connectivity index (χ0v) is 13.2. The molecule has 0 aromatic carbocycles. The molecule has 3 nitrogen and oxygen atoms in total. The molecule has 0 aliphatic rings. The summed E-state index contributed by atoms with van der Waals surface area (Å²) in [5.74, 6) is 0. The standard InChI is InChI=1S/C15H34N2O/c1-6-10-16-15(4)9-7-8-11-17(14(2)3)12-13-18-5/h14-16H,6-13H2,1-5H3. The average Bonchev–Trinajstić information content (AvgIpc) is 2.34. The number of methoxy groups -OCH3 is 1. The molecule has 0 amide bonds. The molecule has 0 saturated carbocycles. The number of ether oxygens (including phenoxy) is 1. The van der Waals surface area contributed by atoms with Crippen LogP contribution in [0.4, 0.5) is 0 Å². The maximum Gasteiger partial charge on any atom is 0.0589 e. The quantitative estimate of drug-likeness (QED) is 0.545. The van der Waals surface area contributed by atoms with Crippen LogP contribution >= 0.6 is 0 Å². The van der Waals surface area contributed by atoms with Gasteiger partial charge in [-0.25, -0.2) is 0 Å². The molecular weight excluding hydrogens is 224 g/mol. The normalized spacial score (nSPS) is 13.5. The molecule has 0 saturated heterocycles. The van der Waals surface area contributed by atoms with Crippen LogP contribution < -0.4 is 5.32 Å². The van der Waals surface area contributed by atoms with Gasteiger partial charge in [-0.15, -0.1) is 0 Å². The Hall–Kier alpha value is -0.120. The average molecular weight is 258 g/mol. The molecule has 0 spiro atoms. The molecular formula is C15H34N2O. The van der Waals surface area contributed by atoms with Crippen molar-refractivity contribution in [1.29, 1.82) is 0 Å². The van der Waals surface area contributed by atoms with Crippen LogP contribution in [0.5, 0.6) is 0 Å². The molecule has 0 rings (SSSR count). The molecule has 0 fully saturated rings. The number of nitrogens with zero attached hydrogens (tertiary/aromatic N) is 1. The number of hydrogen-bond acceptors (Lipinski definition) is 3. The molecule has 1 N–H and O–H groups in total. The van der Waals surface area contributed by atoms with E-state index in [0.29, 0.717) is 12.1 Å². The molecule has 0 aromatic heterocycles. The van der Waals surface area contributed by atoms with E-state index in [2.05, 4.69) is 37.9 Å². The lowest BCUT2D eigenvalue weighted by Gasteiger charge is -2.26. The van der Waals surface area contributed by atoms with Crippen LogP contribution in [0.1, 0.15) is 53.4 Å². The molecule has 0 aromatic rings. The van der Waals surface area contributed by atoms with E-state index in [1.807, 2.05) is 0 Å². The first-order valence-electron chi connectivity index (χ1n) is 7.58. The molecule has 18 heavy (non-hydrogen) atoms. The second-order valence-corrected chi connectivity index (χ2v) is 5.47. The van der Waals surface area contributed by atoms with E-state index >= 15 is 0 Å². The van der Waals surface area contributed by atoms with Crippen molar-refractivity contribution >= 4 is 0 Å². The minimum atomic E-state index is 0.621. The third-order valence-corrected chi connectivity index (χ3v) is 3.39. The molecule has 0 radical (unpaired) electrons. The zero-order valence-electron chi connectivity index (χ0n) is 13.2. The highest BCUT2D eigenvalue weighted by molar-refractivity contribution is 4.65. The first kappa shape index (κ1) is 17.9. The first-order chi connectivity index (χ1) is 8.61. The van der Waals surface area contributed by atoms with Crippen LogP contribution in [0.25, 0.3) is 0 Å². The third-order valence-electron chi connectivity index (χ3n) is 3.39. The molecule has 1 atom stereocenters. The van der Waals surface area contributed by atoms with E-state index < -0.39 is 0 Å². The summed E-state index contributed by atoms with van der Waals surface area (Å²) in [5.41, 5.74) is 0. The lowest BCUT2D eigenvalue weighted by molar-refractivity contribution is 0.128. The maximum atomic E-state index is 5.16. The Bertz CT molecular complexity index is 174. The van der Waals surface area contributed by atoms with Crippen molar-refractivity contribution in [2.24, 2.45) is 0 Å². The molecule has 3 heteroatoms. The van der Waals surface area contributed by atoms with E-state index in [4.69, 9.17) is 4.74 Å². The van der Waals surface area contributed by atoms with Gasteiger partial charge in [-0.1, -0.05) is 13.3 Å². The van der Waals surface area contributed by atoms with Crippen LogP contribution in [0.3, 0.4) is 0 Å². The van der Waals surface area contributed by atoms with Gasteiger partial charge in [0.2, 0.25) is 0 Å². The minimum Gasteiger partial charge on any atom is -0.383 e. The van der Waals surface area contributed by atoms with Crippen LogP contribution in [0.15, 0.2) is 0 Å². The van der Waals surface area contributed by atoms with Crippen molar-refractivity contribution in [3.63, 3.8) is 0 Å². The van der Waals surface area contributed by atoms with Crippen molar-refractivity contribution in [1.82, 2.24) is 10.2 Å². The molecule has 0 aliphatic heterocycles. The van der Waals surface area contributed by atoms with Crippen LogP contribution in [-0.2, 0) is 4.74 Å². The summed E-state index contributed by atoms with van der Waals surface area (Å²) >= 11 is 0. The molecule has 1 unspecified atom stereocenters. The summed E-state index contributed by atoms with van der Waals surface area (Å²) in [6, 6.07) is 1.28. The van der Waals surface area contributed by atoms with Crippen LogP contribution in [-0.4, -0.2) is 50.3 Å². The lowest BCUT2D eigenvalue weighted by atomic mass is 10.1. The minimum absolute atomic E-state index is 0.621. The number of nitrogens with one attached hydrogen (secondary N) is 1. The Kier molecular flexibility index (Phi) is 11.9. The van der Waals surface area contributed by atoms with E-state index in [9.17, 15) is 0 Å². The predicted molar refractivity (Wildman–Crippen MR) is 80.2 cm³/mol. The van der Waals surface area contributed by atoms with Crippen molar-refractivity contribution in [2.45, 2.75) is 65.5 Å².